The van der Waals surface area contributed by atoms with Gasteiger partial charge in [0.15, 0.2) is 0 Å². The number of nitrogens with zero attached hydrogens (tertiary/aromatic N) is 2. The molecule has 0 atom stereocenters. The van der Waals surface area contributed by atoms with E-state index in [4.69, 9.17) is 16.7 Å². The molecule has 0 bridgehead atoms. The van der Waals surface area contributed by atoms with Crippen LogP contribution in [0.25, 0.3) is 0 Å². The van der Waals surface area contributed by atoms with E-state index in [1.54, 1.807) is 6.20 Å². The Labute approximate surface area is 122 Å². The Morgan fingerprint density at radius 2 is 2.15 bits per heavy atom. The summed E-state index contributed by atoms with van der Waals surface area (Å²) in [5.41, 5.74) is 1.49. The van der Waals surface area contributed by atoms with Gasteiger partial charge in [-0.3, -0.25) is 4.68 Å². The van der Waals surface area contributed by atoms with Crippen molar-refractivity contribution >= 4 is 27.3 Å². The molecule has 0 aliphatic carbocycles. The standard InChI is InChI=1S/C12H15ClN4O2S/c1-2-17-9(5-6-16-17)8-15-12-7-10(20(14,18)19)3-4-11(12)13/h3-7,15H,2,8H2,1H3,(H2,14,18,19). The van der Waals surface area contributed by atoms with Crippen LogP contribution in [-0.4, -0.2) is 18.2 Å². The van der Waals surface area contributed by atoms with Crippen LogP contribution in [0.15, 0.2) is 35.4 Å². The summed E-state index contributed by atoms with van der Waals surface area (Å²) in [6, 6.07) is 6.18. The lowest BCUT2D eigenvalue weighted by Gasteiger charge is -2.10. The maximum absolute atomic E-state index is 11.3. The monoisotopic (exact) mass is 314 g/mol. The molecule has 20 heavy (non-hydrogen) atoms. The van der Waals surface area contributed by atoms with Gasteiger partial charge in [0.05, 0.1) is 27.8 Å². The van der Waals surface area contributed by atoms with Crippen molar-refractivity contribution in [3.63, 3.8) is 0 Å². The molecule has 0 aliphatic rings. The van der Waals surface area contributed by atoms with Crippen molar-refractivity contribution in [2.24, 2.45) is 5.14 Å². The minimum absolute atomic E-state index is 0.0217. The summed E-state index contributed by atoms with van der Waals surface area (Å²) in [6.07, 6.45) is 1.71. The van der Waals surface area contributed by atoms with Crippen molar-refractivity contribution in [3.8, 4) is 0 Å². The first-order valence-corrected chi connectivity index (χ1v) is 7.91. The Morgan fingerprint density at radius 1 is 1.40 bits per heavy atom. The lowest BCUT2D eigenvalue weighted by molar-refractivity contribution is 0.598. The number of aromatic nitrogens is 2. The van der Waals surface area contributed by atoms with Gasteiger partial charge in [-0.2, -0.15) is 5.10 Å². The van der Waals surface area contributed by atoms with Crippen molar-refractivity contribution in [1.29, 1.82) is 0 Å². The lowest BCUT2D eigenvalue weighted by atomic mass is 10.3. The molecular weight excluding hydrogens is 300 g/mol. The molecule has 0 unspecified atom stereocenters. The zero-order valence-corrected chi connectivity index (χ0v) is 12.4. The molecule has 1 heterocycles. The SMILES string of the molecule is CCn1nccc1CNc1cc(S(N)(=O)=O)ccc1Cl. The van der Waals surface area contributed by atoms with Crippen molar-refractivity contribution in [2.75, 3.05) is 5.32 Å². The Morgan fingerprint density at radius 3 is 2.80 bits per heavy atom. The second-order valence-electron chi connectivity index (χ2n) is 4.18. The van der Waals surface area contributed by atoms with Crippen LogP contribution in [0.3, 0.4) is 0 Å². The van der Waals surface area contributed by atoms with E-state index in [1.165, 1.54) is 18.2 Å². The first-order valence-electron chi connectivity index (χ1n) is 5.98. The number of aryl methyl sites for hydroxylation is 1. The molecule has 0 saturated carbocycles. The third-order valence-electron chi connectivity index (χ3n) is 2.83. The van der Waals surface area contributed by atoms with Gasteiger partial charge in [-0.05, 0) is 31.2 Å². The number of nitrogens with two attached hydrogens (primary N) is 1. The molecule has 0 amide bonds. The maximum atomic E-state index is 11.3. The van der Waals surface area contributed by atoms with Gasteiger partial charge in [0.2, 0.25) is 10.0 Å². The van der Waals surface area contributed by atoms with E-state index in [0.29, 0.717) is 17.3 Å². The number of nitrogens with one attached hydrogen (secondary N) is 1. The average Bonchev–Trinajstić information content (AvgIpc) is 2.83. The Bertz CT molecular complexity index is 712. The molecule has 0 fully saturated rings. The summed E-state index contributed by atoms with van der Waals surface area (Å²) < 4.78 is 24.5. The number of anilines is 1. The molecule has 0 radical (unpaired) electrons. The summed E-state index contributed by atoms with van der Waals surface area (Å²) in [6.45, 7) is 3.24. The van der Waals surface area contributed by atoms with Crippen molar-refractivity contribution in [3.05, 3.63) is 41.2 Å². The summed E-state index contributed by atoms with van der Waals surface area (Å²) in [7, 11) is -3.74. The molecule has 6 nitrogen and oxygen atoms in total. The van der Waals surface area contributed by atoms with Gasteiger partial charge >= 0.3 is 0 Å². The Kier molecular flexibility index (Phi) is 4.32. The van der Waals surface area contributed by atoms with E-state index in [0.717, 1.165) is 12.2 Å². The molecule has 1 aromatic heterocycles. The van der Waals surface area contributed by atoms with Crippen LogP contribution in [0, 0.1) is 0 Å². The minimum atomic E-state index is -3.74. The Hall–Kier alpha value is -1.57. The largest absolute Gasteiger partial charge is 0.378 e. The van der Waals surface area contributed by atoms with Crippen molar-refractivity contribution in [2.45, 2.75) is 24.9 Å². The second kappa shape index (κ2) is 5.82. The van der Waals surface area contributed by atoms with E-state index in [9.17, 15) is 8.42 Å². The maximum Gasteiger partial charge on any atom is 0.238 e. The third-order valence-corrected chi connectivity index (χ3v) is 4.07. The second-order valence-corrected chi connectivity index (χ2v) is 6.15. The first kappa shape index (κ1) is 14.8. The predicted molar refractivity (Wildman–Crippen MR) is 78.1 cm³/mol. The van der Waals surface area contributed by atoms with Crippen LogP contribution in [-0.2, 0) is 23.1 Å². The summed E-state index contributed by atoms with van der Waals surface area (Å²) in [5.74, 6) is 0. The van der Waals surface area contributed by atoms with E-state index < -0.39 is 10.0 Å². The number of benzene rings is 1. The number of halogens is 1. The topological polar surface area (TPSA) is 90.0 Å². The molecule has 2 rings (SSSR count). The Balaban J connectivity index is 2.21. The van der Waals surface area contributed by atoms with Crippen LogP contribution in [0.2, 0.25) is 5.02 Å². The minimum Gasteiger partial charge on any atom is -0.378 e. The molecule has 0 aliphatic heterocycles. The zero-order valence-electron chi connectivity index (χ0n) is 10.9. The molecule has 1 aromatic carbocycles. The number of rotatable bonds is 5. The fourth-order valence-corrected chi connectivity index (χ4v) is 2.52. The smallest absolute Gasteiger partial charge is 0.238 e. The highest BCUT2D eigenvalue weighted by Gasteiger charge is 2.11. The van der Waals surface area contributed by atoms with Gasteiger partial charge in [-0.15, -0.1) is 0 Å². The molecule has 0 saturated heterocycles. The van der Waals surface area contributed by atoms with Crippen LogP contribution in [0.4, 0.5) is 5.69 Å². The number of primary sulfonamides is 1. The molecule has 2 aromatic rings. The highest BCUT2D eigenvalue weighted by molar-refractivity contribution is 7.89. The summed E-state index contributed by atoms with van der Waals surface area (Å²) in [4.78, 5) is 0.0217. The summed E-state index contributed by atoms with van der Waals surface area (Å²) in [5, 5.41) is 12.8. The number of sulfonamides is 1. The molecular formula is C12H15ClN4O2S. The van der Waals surface area contributed by atoms with E-state index >= 15 is 0 Å². The van der Waals surface area contributed by atoms with Crippen LogP contribution < -0.4 is 10.5 Å². The van der Waals surface area contributed by atoms with E-state index in [-0.39, 0.29) is 4.90 Å². The first-order chi connectivity index (χ1) is 9.41. The molecule has 3 N–H and O–H groups in total. The third kappa shape index (κ3) is 3.30. The van der Waals surface area contributed by atoms with Gasteiger partial charge in [-0.25, -0.2) is 13.6 Å². The predicted octanol–water partition coefficient (Wildman–Crippen LogP) is 1.82. The summed E-state index contributed by atoms with van der Waals surface area (Å²) >= 11 is 6.04. The zero-order chi connectivity index (χ0) is 14.8. The van der Waals surface area contributed by atoms with Gasteiger partial charge in [-0.1, -0.05) is 11.6 Å². The fraction of sp³-hybridized carbons (Fsp3) is 0.250. The quantitative estimate of drug-likeness (QED) is 0.880. The van der Waals surface area contributed by atoms with Crippen molar-refractivity contribution < 1.29 is 8.42 Å². The van der Waals surface area contributed by atoms with Crippen LogP contribution in [0.1, 0.15) is 12.6 Å². The van der Waals surface area contributed by atoms with E-state index in [1.807, 2.05) is 17.7 Å². The molecule has 0 spiro atoms. The number of hydrogen-bond donors (Lipinski definition) is 2. The van der Waals surface area contributed by atoms with Gasteiger partial charge < -0.3 is 5.32 Å². The molecule has 8 heteroatoms. The van der Waals surface area contributed by atoms with Gasteiger partial charge in [0, 0.05) is 12.7 Å². The fourth-order valence-electron chi connectivity index (χ4n) is 1.80. The van der Waals surface area contributed by atoms with Gasteiger partial charge in [0.1, 0.15) is 0 Å². The lowest BCUT2D eigenvalue weighted by Crippen LogP contribution is -2.13. The average molecular weight is 315 g/mol. The van der Waals surface area contributed by atoms with Crippen molar-refractivity contribution in [1.82, 2.24) is 9.78 Å². The van der Waals surface area contributed by atoms with Crippen LogP contribution >= 0.6 is 11.6 Å². The molecule has 108 valence electrons. The van der Waals surface area contributed by atoms with E-state index in [2.05, 4.69) is 10.4 Å². The number of hydrogen-bond acceptors (Lipinski definition) is 4. The normalized spacial score (nSPS) is 11.6. The highest BCUT2D eigenvalue weighted by Crippen LogP contribution is 2.25. The van der Waals surface area contributed by atoms with Gasteiger partial charge in [0.25, 0.3) is 0 Å². The highest BCUT2D eigenvalue weighted by atomic mass is 35.5. The van der Waals surface area contributed by atoms with Crippen LogP contribution in [0.5, 0.6) is 0 Å².